The summed E-state index contributed by atoms with van der Waals surface area (Å²) in [6.07, 6.45) is 10.6. The van der Waals surface area contributed by atoms with E-state index in [0.29, 0.717) is 6.29 Å². The molecule has 0 bridgehead atoms. The van der Waals surface area contributed by atoms with Gasteiger partial charge < -0.3 is 9.53 Å². The lowest BCUT2D eigenvalue weighted by molar-refractivity contribution is -0.156. The lowest BCUT2D eigenvalue weighted by Crippen LogP contribution is -2.34. The van der Waals surface area contributed by atoms with Crippen molar-refractivity contribution in [1.82, 2.24) is 0 Å². The van der Waals surface area contributed by atoms with Crippen LogP contribution in [0.2, 0.25) is 0 Å². The molecule has 0 aromatic rings. The summed E-state index contributed by atoms with van der Waals surface area (Å²) < 4.78 is 4.74. The van der Waals surface area contributed by atoms with Crippen LogP contribution in [-0.2, 0) is 14.3 Å². The smallest absolute Gasteiger partial charge is 0.321 e. The van der Waals surface area contributed by atoms with Gasteiger partial charge in [0.15, 0.2) is 0 Å². The number of hydrogen-bond donors (Lipinski definition) is 0. The third kappa shape index (κ3) is 2.64. The summed E-state index contributed by atoms with van der Waals surface area (Å²) in [6.45, 7) is 1.85. The Labute approximate surface area is 83.8 Å². The standard InChI is InChI=1S/C11H12O3/c1-4-7-11(9-12,8-5-2)10(13)14-6-3/h1-2,9H,6-8H2,3H3. The topological polar surface area (TPSA) is 43.4 Å². The van der Waals surface area contributed by atoms with Crippen molar-refractivity contribution in [3.05, 3.63) is 0 Å². The van der Waals surface area contributed by atoms with E-state index in [1.807, 2.05) is 0 Å². The van der Waals surface area contributed by atoms with Gasteiger partial charge in [-0.3, -0.25) is 4.79 Å². The highest BCUT2D eigenvalue weighted by Gasteiger charge is 2.38. The number of aldehydes is 1. The molecule has 3 nitrogen and oxygen atoms in total. The molecule has 0 fully saturated rings. The summed E-state index contributed by atoms with van der Waals surface area (Å²) in [4.78, 5) is 22.3. The lowest BCUT2D eigenvalue weighted by atomic mass is 9.83. The second kappa shape index (κ2) is 5.83. The fourth-order valence-corrected chi connectivity index (χ4v) is 0.977. The van der Waals surface area contributed by atoms with Crippen LogP contribution >= 0.6 is 0 Å². The van der Waals surface area contributed by atoms with Crippen molar-refractivity contribution in [3.63, 3.8) is 0 Å². The molecule has 0 aromatic heterocycles. The summed E-state index contributed by atoms with van der Waals surface area (Å²) in [5.74, 6) is 3.86. The number of carbonyl (C=O) groups is 2. The van der Waals surface area contributed by atoms with Crippen molar-refractivity contribution in [2.24, 2.45) is 5.41 Å². The molecule has 0 spiro atoms. The first-order chi connectivity index (χ1) is 6.66. The Morgan fingerprint density at radius 3 is 2.21 bits per heavy atom. The maximum atomic E-state index is 11.4. The Kier molecular flexibility index (Phi) is 5.10. The molecule has 3 heteroatoms. The van der Waals surface area contributed by atoms with Crippen LogP contribution in [0.5, 0.6) is 0 Å². The van der Waals surface area contributed by atoms with Crippen LogP contribution in [0.15, 0.2) is 0 Å². The van der Waals surface area contributed by atoms with Crippen LogP contribution in [0.25, 0.3) is 0 Å². The van der Waals surface area contributed by atoms with Gasteiger partial charge in [0, 0.05) is 12.8 Å². The van der Waals surface area contributed by atoms with Gasteiger partial charge in [0.05, 0.1) is 6.61 Å². The monoisotopic (exact) mass is 192 g/mol. The van der Waals surface area contributed by atoms with E-state index >= 15 is 0 Å². The van der Waals surface area contributed by atoms with Crippen molar-refractivity contribution in [2.75, 3.05) is 6.61 Å². The highest BCUT2D eigenvalue weighted by atomic mass is 16.5. The largest absolute Gasteiger partial charge is 0.465 e. The molecule has 0 aromatic carbocycles. The van der Waals surface area contributed by atoms with Gasteiger partial charge in [-0.15, -0.1) is 24.7 Å². The van der Waals surface area contributed by atoms with Gasteiger partial charge in [0.25, 0.3) is 0 Å². The molecule has 0 saturated heterocycles. The average Bonchev–Trinajstić information content (AvgIpc) is 2.17. The molecule has 0 atom stereocenters. The molecule has 0 amide bonds. The summed E-state index contributed by atoms with van der Waals surface area (Å²) >= 11 is 0. The van der Waals surface area contributed by atoms with Crippen LogP contribution in [-0.4, -0.2) is 18.9 Å². The van der Waals surface area contributed by atoms with E-state index in [9.17, 15) is 9.59 Å². The third-order valence-electron chi connectivity index (χ3n) is 1.74. The Balaban J connectivity index is 4.85. The fraction of sp³-hybridized carbons (Fsp3) is 0.455. The van der Waals surface area contributed by atoms with Gasteiger partial charge >= 0.3 is 5.97 Å². The minimum Gasteiger partial charge on any atom is -0.465 e. The molecule has 0 rings (SSSR count). The van der Waals surface area contributed by atoms with Gasteiger partial charge in [0.2, 0.25) is 0 Å². The maximum absolute atomic E-state index is 11.4. The number of esters is 1. The molecule has 0 N–H and O–H groups in total. The minimum atomic E-state index is -1.36. The van der Waals surface area contributed by atoms with E-state index in [2.05, 4.69) is 11.8 Å². The quantitative estimate of drug-likeness (QED) is 0.280. The lowest BCUT2D eigenvalue weighted by Gasteiger charge is -2.20. The van der Waals surface area contributed by atoms with Gasteiger partial charge in [-0.2, -0.15) is 0 Å². The molecule has 0 aliphatic rings. The predicted octanol–water partition coefficient (Wildman–Crippen LogP) is 0.781. The van der Waals surface area contributed by atoms with Gasteiger partial charge in [-0.05, 0) is 6.92 Å². The Bertz CT molecular complexity index is 275. The summed E-state index contributed by atoms with van der Waals surface area (Å²) in [5, 5.41) is 0. The van der Waals surface area contributed by atoms with E-state index in [4.69, 9.17) is 17.6 Å². The second-order valence-corrected chi connectivity index (χ2v) is 2.76. The number of ether oxygens (including phenoxy) is 1. The third-order valence-corrected chi connectivity index (χ3v) is 1.74. The van der Waals surface area contributed by atoms with Crippen LogP contribution in [0.3, 0.4) is 0 Å². The minimum absolute atomic E-state index is 0.0282. The first-order valence-corrected chi connectivity index (χ1v) is 4.17. The molecule has 0 unspecified atom stereocenters. The highest BCUT2D eigenvalue weighted by molar-refractivity contribution is 5.93. The number of carbonyl (C=O) groups excluding carboxylic acids is 2. The van der Waals surface area contributed by atoms with Crippen LogP contribution < -0.4 is 0 Å². The summed E-state index contributed by atoms with van der Waals surface area (Å²) in [7, 11) is 0. The molecule has 14 heavy (non-hydrogen) atoms. The molecular formula is C11H12O3. The zero-order valence-corrected chi connectivity index (χ0v) is 8.08. The zero-order valence-electron chi connectivity index (χ0n) is 8.08. The van der Waals surface area contributed by atoms with Crippen molar-refractivity contribution in [3.8, 4) is 24.7 Å². The number of rotatable bonds is 5. The Morgan fingerprint density at radius 2 is 1.93 bits per heavy atom. The SMILES string of the molecule is C#CCC(C=O)(CC#C)C(=O)OCC. The number of terminal acetylenes is 2. The molecule has 0 saturated carbocycles. The maximum Gasteiger partial charge on any atom is 0.321 e. The van der Waals surface area contributed by atoms with Crippen molar-refractivity contribution in [1.29, 1.82) is 0 Å². The molecule has 0 radical (unpaired) electrons. The predicted molar refractivity (Wildman–Crippen MR) is 52.0 cm³/mol. The highest BCUT2D eigenvalue weighted by Crippen LogP contribution is 2.25. The molecular weight excluding hydrogens is 180 g/mol. The molecule has 74 valence electrons. The van der Waals surface area contributed by atoms with E-state index in [-0.39, 0.29) is 19.4 Å². The van der Waals surface area contributed by atoms with Gasteiger partial charge in [-0.25, -0.2) is 0 Å². The van der Waals surface area contributed by atoms with Crippen molar-refractivity contribution in [2.45, 2.75) is 19.8 Å². The Morgan fingerprint density at radius 1 is 1.43 bits per heavy atom. The number of hydrogen-bond acceptors (Lipinski definition) is 3. The average molecular weight is 192 g/mol. The van der Waals surface area contributed by atoms with Crippen LogP contribution in [0.1, 0.15) is 19.8 Å². The van der Waals surface area contributed by atoms with E-state index < -0.39 is 11.4 Å². The van der Waals surface area contributed by atoms with Gasteiger partial charge in [0.1, 0.15) is 11.7 Å². The van der Waals surface area contributed by atoms with E-state index in [1.165, 1.54) is 0 Å². The molecule has 0 heterocycles. The fourth-order valence-electron chi connectivity index (χ4n) is 0.977. The normalized spacial score (nSPS) is 9.64. The van der Waals surface area contributed by atoms with E-state index in [0.717, 1.165) is 0 Å². The second-order valence-electron chi connectivity index (χ2n) is 2.76. The first-order valence-electron chi connectivity index (χ1n) is 4.17. The molecule has 0 aliphatic heterocycles. The van der Waals surface area contributed by atoms with Crippen molar-refractivity contribution < 1.29 is 14.3 Å². The summed E-state index contributed by atoms with van der Waals surface area (Å²) in [5.41, 5.74) is -1.36. The van der Waals surface area contributed by atoms with Gasteiger partial charge in [-0.1, -0.05) is 0 Å². The molecule has 0 aliphatic carbocycles. The van der Waals surface area contributed by atoms with Crippen molar-refractivity contribution >= 4 is 12.3 Å². The zero-order chi connectivity index (χ0) is 11.0. The van der Waals surface area contributed by atoms with Crippen LogP contribution in [0, 0.1) is 30.1 Å². The first kappa shape index (κ1) is 12.3. The van der Waals surface area contributed by atoms with E-state index in [1.54, 1.807) is 6.92 Å². The van der Waals surface area contributed by atoms with Crippen LogP contribution in [0.4, 0.5) is 0 Å². The summed E-state index contributed by atoms with van der Waals surface area (Å²) in [6, 6.07) is 0. The Hall–Kier alpha value is -1.74.